The van der Waals surface area contributed by atoms with Crippen molar-refractivity contribution in [1.29, 1.82) is 0 Å². The van der Waals surface area contributed by atoms with Crippen LogP contribution in [-0.2, 0) is 9.59 Å². The van der Waals surface area contributed by atoms with Crippen molar-refractivity contribution in [3.63, 3.8) is 0 Å². The minimum Gasteiger partial charge on any atom is -0.427 e. The van der Waals surface area contributed by atoms with Crippen LogP contribution in [0, 0.1) is 0 Å². The highest BCUT2D eigenvalue weighted by Gasteiger charge is 2.41. The number of carbonyl (C=O) groups excluding carboxylic acids is 2. The summed E-state index contributed by atoms with van der Waals surface area (Å²) < 4.78 is 11.3. The Bertz CT molecular complexity index is 1150. The Morgan fingerprint density at radius 2 is 1.03 bits per heavy atom. The van der Waals surface area contributed by atoms with E-state index in [0.717, 1.165) is 25.7 Å². The van der Waals surface area contributed by atoms with Gasteiger partial charge >= 0.3 is 11.9 Å². The Kier molecular flexibility index (Phi) is 6.23. The SMILES string of the molecule is CCCCC(=O)Oc1ccc2c(c1)C1c3ccccc3C2c2cc(OC(=O)CCCC)ccc21. The topological polar surface area (TPSA) is 52.6 Å². The Hall–Kier alpha value is -3.40. The molecular formula is C30H30O4. The Labute approximate surface area is 200 Å². The van der Waals surface area contributed by atoms with Gasteiger partial charge in [0.2, 0.25) is 0 Å². The summed E-state index contributed by atoms with van der Waals surface area (Å²) in [5.74, 6) is 0.965. The van der Waals surface area contributed by atoms with Gasteiger partial charge in [0.15, 0.2) is 0 Å². The largest absolute Gasteiger partial charge is 0.427 e. The maximum Gasteiger partial charge on any atom is 0.311 e. The van der Waals surface area contributed by atoms with E-state index < -0.39 is 0 Å². The van der Waals surface area contributed by atoms with Crippen LogP contribution in [-0.4, -0.2) is 11.9 Å². The van der Waals surface area contributed by atoms with Crippen LogP contribution in [0.4, 0.5) is 0 Å². The summed E-state index contributed by atoms with van der Waals surface area (Å²) in [6.45, 7) is 4.13. The summed E-state index contributed by atoms with van der Waals surface area (Å²) in [6, 6.07) is 20.6. The molecule has 0 saturated carbocycles. The molecule has 0 N–H and O–H groups in total. The molecule has 2 unspecified atom stereocenters. The molecule has 0 amide bonds. The van der Waals surface area contributed by atoms with Gasteiger partial charge in [0.1, 0.15) is 11.5 Å². The van der Waals surface area contributed by atoms with Crippen molar-refractivity contribution in [3.05, 3.63) is 94.0 Å². The molecule has 3 aromatic carbocycles. The van der Waals surface area contributed by atoms with Crippen LogP contribution in [0.5, 0.6) is 11.5 Å². The van der Waals surface area contributed by atoms with Crippen LogP contribution in [0.2, 0.25) is 0 Å². The van der Waals surface area contributed by atoms with Crippen LogP contribution in [0.15, 0.2) is 60.7 Å². The molecular weight excluding hydrogens is 424 g/mol. The van der Waals surface area contributed by atoms with Gasteiger partial charge in [-0.1, -0.05) is 63.1 Å². The second-order valence-electron chi connectivity index (χ2n) is 9.23. The van der Waals surface area contributed by atoms with Gasteiger partial charge in [-0.3, -0.25) is 9.59 Å². The lowest BCUT2D eigenvalue weighted by Gasteiger charge is -2.42. The highest BCUT2D eigenvalue weighted by molar-refractivity contribution is 5.75. The van der Waals surface area contributed by atoms with Gasteiger partial charge in [0, 0.05) is 24.7 Å². The van der Waals surface area contributed by atoms with Crippen molar-refractivity contribution in [2.45, 2.75) is 64.2 Å². The summed E-state index contributed by atoms with van der Waals surface area (Å²) >= 11 is 0. The zero-order chi connectivity index (χ0) is 23.7. The molecule has 4 heteroatoms. The van der Waals surface area contributed by atoms with Crippen molar-refractivity contribution in [2.75, 3.05) is 0 Å². The number of hydrogen-bond donors (Lipinski definition) is 0. The predicted octanol–water partition coefficient (Wildman–Crippen LogP) is 6.87. The molecule has 6 rings (SSSR count). The van der Waals surface area contributed by atoms with Gasteiger partial charge < -0.3 is 9.47 Å². The monoisotopic (exact) mass is 454 g/mol. The second-order valence-corrected chi connectivity index (χ2v) is 9.23. The number of rotatable bonds is 8. The molecule has 2 atom stereocenters. The van der Waals surface area contributed by atoms with Gasteiger partial charge in [-0.2, -0.15) is 0 Å². The third-order valence-corrected chi connectivity index (χ3v) is 6.91. The lowest BCUT2D eigenvalue weighted by Crippen LogP contribution is -2.27. The first-order chi connectivity index (χ1) is 16.6. The van der Waals surface area contributed by atoms with Crippen molar-refractivity contribution in [3.8, 4) is 11.5 Å². The van der Waals surface area contributed by atoms with Crippen LogP contribution in [0.3, 0.4) is 0 Å². The summed E-state index contributed by atoms with van der Waals surface area (Å²) in [4.78, 5) is 24.4. The fourth-order valence-corrected chi connectivity index (χ4v) is 5.31. The summed E-state index contributed by atoms with van der Waals surface area (Å²) in [6.07, 6.45) is 4.47. The van der Waals surface area contributed by atoms with Gasteiger partial charge in [0.05, 0.1) is 0 Å². The van der Waals surface area contributed by atoms with E-state index in [-0.39, 0.29) is 23.8 Å². The third kappa shape index (κ3) is 4.02. The van der Waals surface area contributed by atoms with Gasteiger partial charge in [-0.15, -0.1) is 0 Å². The Balaban J connectivity index is 1.51. The molecule has 34 heavy (non-hydrogen) atoms. The fourth-order valence-electron chi connectivity index (χ4n) is 5.31. The smallest absolute Gasteiger partial charge is 0.311 e. The minimum atomic E-state index is -0.182. The Morgan fingerprint density at radius 1 is 0.618 bits per heavy atom. The second kappa shape index (κ2) is 9.46. The third-order valence-electron chi connectivity index (χ3n) is 6.91. The number of ether oxygens (including phenoxy) is 2. The van der Waals surface area contributed by atoms with Gasteiger partial charge in [-0.25, -0.2) is 0 Å². The molecule has 2 bridgehead atoms. The molecule has 4 nitrogen and oxygen atoms in total. The quantitative estimate of drug-likeness (QED) is 0.190. The standard InChI is InChI=1S/C30H30O4/c1-3-5-11-27(31)33-19-13-15-23-25(17-19)29-21-9-7-8-10-22(21)30(23)26-18-20(14-16-24(26)29)34-28(32)12-6-4-2/h7-10,13-18,29-30H,3-6,11-12H2,1-2H3. The van der Waals surface area contributed by atoms with E-state index in [2.05, 4.69) is 50.2 Å². The summed E-state index contributed by atoms with van der Waals surface area (Å²) in [7, 11) is 0. The summed E-state index contributed by atoms with van der Waals surface area (Å²) in [5.41, 5.74) is 7.39. The molecule has 0 radical (unpaired) electrons. The molecule has 0 aliphatic heterocycles. The molecule has 174 valence electrons. The normalized spacial score (nSPS) is 16.9. The zero-order valence-electron chi connectivity index (χ0n) is 19.8. The van der Waals surface area contributed by atoms with E-state index in [1.807, 2.05) is 24.3 Å². The van der Waals surface area contributed by atoms with Crippen LogP contribution in [0.1, 0.15) is 97.6 Å². The number of carbonyl (C=O) groups is 2. The average molecular weight is 455 g/mol. The van der Waals surface area contributed by atoms with E-state index in [4.69, 9.17) is 9.47 Å². The minimum absolute atomic E-state index is 0.0605. The first-order valence-electron chi connectivity index (χ1n) is 12.4. The predicted molar refractivity (Wildman–Crippen MR) is 132 cm³/mol. The first-order valence-corrected chi connectivity index (χ1v) is 12.4. The molecule has 0 aromatic heterocycles. The Morgan fingerprint density at radius 3 is 1.44 bits per heavy atom. The molecule has 3 aliphatic rings. The number of hydrogen-bond acceptors (Lipinski definition) is 4. The summed E-state index contributed by atoms with van der Waals surface area (Å²) in [5, 5.41) is 0. The van der Waals surface area contributed by atoms with Crippen molar-refractivity contribution in [1.82, 2.24) is 0 Å². The van der Waals surface area contributed by atoms with E-state index >= 15 is 0 Å². The number of benzene rings is 3. The van der Waals surface area contributed by atoms with Crippen LogP contribution < -0.4 is 9.47 Å². The van der Waals surface area contributed by atoms with Gasteiger partial charge in [0.25, 0.3) is 0 Å². The highest BCUT2D eigenvalue weighted by Crippen LogP contribution is 2.56. The number of esters is 2. The van der Waals surface area contributed by atoms with E-state index in [1.54, 1.807) is 0 Å². The average Bonchev–Trinajstić information content (AvgIpc) is 2.85. The molecule has 3 aliphatic carbocycles. The maximum atomic E-state index is 12.2. The van der Waals surface area contributed by atoms with E-state index in [9.17, 15) is 9.59 Å². The number of unbranched alkanes of at least 4 members (excludes halogenated alkanes) is 2. The zero-order valence-corrected chi connectivity index (χ0v) is 19.8. The first kappa shape index (κ1) is 22.4. The van der Waals surface area contributed by atoms with E-state index in [0.29, 0.717) is 24.3 Å². The van der Waals surface area contributed by atoms with Crippen molar-refractivity contribution < 1.29 is 19.1 Å². The van der Waals surface area contributed by atoms with Crippen LogP contribution in [0.25, 0.3) is 0 Å². The fraction of sp³-hybridized carbons (Fsp3) is 0.333. The highest BCUT2D eigenvalue weighted by atomic mass is 16.5. The molecule has 0 heterocycles. The molecule has 0 spiro atoms. The lowest BCUT2D eigenvalue weighted by molar-refractivity contribution is -0.135. The molecule has 0 saturated heterocycles. The molecule has 0 fully saturated rings. The van der Waals surface area contributed by atoms with Gasteiger partial charge in [-0.05, 0) is 70.5 Å². The van der Waals surface area contributed by atoms with E-state index in [1.165, 1.54) is 33.4 Å². The molecule has 3 aromatic rings. The lowest BCUT2D eigenvalue weighted by atomic mass is 9.61. The maximum absolute atomic E-state index is 12.2. The van der Waals surface area contributed by atoms with Crippen molar-refractivity contribution in [2.24, 2.45) is 0 Å². The van der Waals surface area contributed by atoms with Crippen molar-refractivity contribution >= 4 is 11.9 Å². The van der Waals surface area contributed by atoms with Crippen LogP contribution >= 0.6 is 0 Å².